The molecule has 0 aromatic heterocycles. The van der Waals surface area contributed by atoms with Crippen LogP contribution in [-0.2, 0) is 4.74 Å². The highest BCUT2D eigenvalue weighted by Gasteiger charge is 2.30. The van der Waals surface area contributed by atoms with Crippen molar-refractivity contribution < 1.29 is 24.1 Å². The molecule has 0 bridgehead atoms. The summed E-state index contributed by atoms with van der Waals surface area (Å²) in [6.45, 7) is 2.62. The number of hydrogen-bond acceptors (Lipinski definition) is 5. The second-order valence-electron chi connectivity index (χ2n) is 5.03. The monoisotopic (exact) mass is 295 g/mol. The Labute approximate surface area is 124 Å². The van der Waals surface area contributed by atoms with Crippen LogP contribution < -0.4 is 9.47 Å². The summed E-state index contributed by atoms with van der Waals surface area (Å²) in [5.41, 5.74) is 0.447. The van der Waals surface area contributed by atoms with E-state index in [0.717, 1.165) is 0 Å². The van der Waals surface area contributed by atoms with Gasteiger partial charge in [-0.15, -0.1) is 0 Å². The lowest BCUT2D eigenvalue weighted by molar-refractivity contribution is -0.0859. The molecule has 6 heteroatoms. The standard InChI is InChI=1S/C15H21NO5/c1-10-7-16(8-12(9-17)21-10)15(18)13-6-11(19-2)4-5-14(13)20-3/h4-6,10,12,17H,7-9H2,1-3H3. The van der Waals surface area contributed by atoms with Gasteiger partial charge in [-0.2, -0.15) is 0 Å². The van der Waals surface area contributed by atoms with E-state index < -0.39 is 0 Å². The lowest BCUT2D eigenvalue weighted by atomic mass is 10.1. The highest BCUT2D eigenvalue weighted by atomic mass is 16.5. The zero-order valence-corrected chi connectivity index (χ0v) is 12.5. The number of aliphatic hydroxyl groups excluding tert-OH is 1. The van der Waals surface area contributed by atoms with Gasteiger partial charge in [0.25, 0.3) is 5.91 Å². The Morgan fingerprint density at radius 1 is 1.38 bits per heavy atom. The number of morpholine rings is 1. The number of benzene rings is 1. The molecule has 0 radical (unpaired) electrons. The maximum Gasteiger partial charge on any atom is 0.257 e. The molecule has 1 fully saturated rings. The van der Waals surface area contributed by atoms with Crippen LogP contribution in [0.1, 0.15) is 17.3 Å². The zero-order chi connectivity index (χ0) is 15.4. The summed E-state index contributed by atoms with van der Waals surface area (Å²) in [7, 11) is 3.08. The maximum atomic E-state index is 12.7. The fourth-order valence-corrected chi connectivity index (χ4v) is 2.46. The molecule has 1 saturated heterocycles. The topological polar surface area (TPSA) is 68.2 Å². The Bertz CT molecular complexity index is 505. The van der Waals surface area contributed by atoms with E-state index in [2.05, 4.69) is 0 Å². The molecule has 1 aliphatic rings. The predicted octanol–water partition coefficient (Wildman–Crippen LogP) is 0.926. The molecule has 1 amide bonds. The fourth-order valence-electron chi connectivity index (χ4n) is 2.46. The van der Waals surface area contributed by atoms with Crippen LogP contribution in [0.15, 0.2) is 18.2 Å². The minimum Gasteiger partial charge on any atom is -0.497 e. The lowest BCUT2D eigenvalue weighted by Gasteiger charge is -2.36. The van der Waals surface area contributed by atoms with Gasteiger partial charge in [0, 0.05) is 13.1 Å². The Morgan fingerprint density at radius 3 is 2.76 bits per heavy atom. The summed E-state index contributed by atoms with van der Waals surface area (Å²) >= 11 is 0. The number of aliphatic hydroxyl groups is 1. The van der Waals surface area contributed by atoms with E-state index in [1.165, 1.54) is 7.11 Å². The molecule has 0 aliphatic carbocycles. The Morgan fingerprint density at radius 2 is 2.14 bits per heavy atom. The highest BCUT2D eigenvalue weighted by molar-refractivity contribution is 5.97. The molecule has 1 heterocycles. The maximum absolute atomic E-state index is 12.7. The van der Waals surface area contributed by atoms with Crippen LogP contribution in [0.25, 0.3) is 0 Å². The quantitative estimate of drug-likeness (QED) is 0.895. The van der Waals surface area contributed by atoms with E-state index in [0.29, 0.717) is 30.2 Å². The normalized spacial score (nSPS) is 22.0. The Balaban J connectivity index is 2.26. The van der Waals surface area contributed by atoms with Crippen molar-refractivity contribution in [2.75, 3.05) is 33.9 Å². The molecule has 1 aromatic rings. The summed E-state index contributed by atoms with van der Waals surface area (Å²) in [6.07, 6.45) is -0.467. The SMILES string of the molecule is COc1ccc(OC)c(C(=O)N2CC(C)OC(CO)C2)c1. The van der Waals surface area contributed by atoms with Gasteiger partial charge in [-0.25, -0.2) is 0 Å². The van der Waals surface area contributed by atoms with Gasteiger partial charge >= 0.3 is 0 Å². The van der Waals surface area contributed by atoms with Crippen LogP contribution in [-0.4, -0.2) is 62.0 Å². The van der Waals surface area contributed by atoms with Crippen LogP contribution in [0.3, 0.4) is 0 Å². The second kappa shape index (κ2) is 6.78. The summed E-state index contributed by atoms with van der Waals surface area (Å²) in [5, 5.41) is 9.25. The summed E-state index contributed by atoms with van der Waals surface area (Å²) in [4.78, 5) is 14.4. The third-order valence-electron chi connectivity index (χ3n) is 3.45. The van der Waals surface area contributed by atoms with Gasteiger partial charge in [0.05, 0.1) is 38.6 Å². The summed E-state index contributed by atoms with van der Waals surface area (Å²) in [6, 6.07) is 5.11. The molecular weight excluding hydrogens is 274 g/mol. The number of carbonyl (C=O) groups excluding carboxylic acids is 1. The number of nitrogens with zero attached hydrogens (tertiary/aromatic N) is 1. The van der Waals surface area contributed by atoms with Crippen LogP contribution in [0.4, 0.5) is 0 Å². The van der Waals surface area contributed by atoms with Crippen LogP contribution in [0.5, 0.6) is 11.5 Å². The van der Waals surface area contributed by atoms with E-state index in [-0.39, 0.29) is 24.7 Å². The van der Waals surface area contributed by atoms with E-state index >= 15 is 0 Å². The first-order valence-electron chi connectivity index (χ1n) is 6.86. The average Bonchev–Trinajstić information content (AvgIpc) is 2.52. The van der Waals surface area contributed by atoms with Gasteiger partial charge in [0.15, 0.2) is 0 Å². The van der Waals surface area contributed by atoms with Gasteiger partial charge in [-0.1, -0.05) is 0 Å². The van der Waals surface area contributed by atoms with Crippen molar-refractivity contribution in [3.8, 4) is 11.5 Å². The van der Waals surface area contributed by atoms with Gasteiger partial charge < -0.3 is 24.2 Å². The first-order chi connectivity index (χ1) is 10.1. The molecule has 1 N–H and O–H groups in total. The number of hydrogen-bond donors (Lipinski definition) is 1. The second-order valence-corrected chi connectivity index (χ2v) is 5.03. The number of carbonyl (C=O) groups is 1. The van der Waals surface area contributed by atoms with Gasteiger partial charge in [-0.3, -0.25) is 4.79 Å². The van der Waals surface area contributed by atoms with Crippen molar-refractivity contribution in [3.63, 3.8) is 0 Å². The molecule has 2 atom stereocenters. The zero-order valence-electron chi connectivity index (χ0n) is 12.5. The third kappa shape index (κ3) is 3.46. The largest absolute Gasteiger partial charge is 0.497 e. The molecule has 0 saturated carbocycles. The molecule has 116 valence electrons. The van der Waals surface area contributed by atoms with Crippen molar-refractivity contribution in [3.05, 3.63) is 23.8 Å². The number of amides is 1. The van der Waals surface area contributed by atoms with Gasteiger partial charge in [-0.05, 0) is 25.1 Å². The molecule has 1 aliphatic heterocycles. The van der Waals surface area contributed by atoms with Crippen molar-refractivity contribution >= 4 is 5.91 Å². The van der Waals surface area contributed by atoms with Crippen LogP contribution in [0.2, 0.25) is 0 Å². The van der Waals surface area contributed by atoms with Gasteiger partial charge in [0.1, 0.15) is 11.5 Å². The minimum absolute atomic E-state index is 0.108. The smallest absolute Gasteiger partial charge is 0.257 e. The number of rotatable bonds is 4. The Kier molecular flexibility index (Phi) is 5.03. The molecule has 2 unspecified atom stereocenters. The van der Waals surface area contributed by atoms with Crippen LogP contribution in [0, 0.1) is 0 Å². The number of ether oxygens (including phenoxy) is 3. The predicted molar refractivity (Wildman–Crippen MR) is 76.9 cm³/mol. The first-order valence-corrected chi connectivity index (χ1v) is 6.86. The molecule has 21 heavy (non-hydrogen) atoms. The fraction of sp³-hybridized carbons (Fsp3) is 0.533. The first kappa shape index (κ1) is 15.6. The average molecular weight is 295 g/mol. The number of methoxy groups -OCH3 is 2. The summed E-state index contributed by atoms with van der Waals surface area (Å²) < 4.78 is 16.0. The van der Waals surface area contributed by atoms with Crippen LogP contribution >= 0.6 is 0 Å². The van der Waals surface area contributed by atoms with Gasteiger partial charge in [0.2, 0.25) is 0 Å². The molecule has 2 rings (SSSR count). The van der Waals surface area contributed by atoms with E-state index in [9.17, 15) is 9.90 Å². The van der Waals surface area contributed by atoms with Crippen molar-refractivity contribution in [2.45, 2.75) is 19.1 Å². The Hall–Kier alpha value is -1.79. The van der Waals surface area contributed by atoms with E-state index in [4.69, 9.17) is 14.2 Å². The molecular formula is C15H21NO5. The summed E-state index contributed by atoms with van der Waals surface area (Å²) in [5.74, 6) is 0.944. The van der Waals surface area contributed by atoms with Crippen molar-refractivity contribution in [2.24, 2.45) is 0 Å². The van der Waals surface area contributed by atoms with Crippen molar-refractivity contribution in [1.29, 1.82) is 0 Å². The van der Waals surface area contributed by atoms with E-state index in [1.54, 1.807) is 30.2 Å². The minimum atomic E-state index is -0.352. The lowest BCUT2D eigenvalue weighted by Crippen LogP contribution is -2.50. The third-order valence-corrected chi connectivity index (χ3v) is 3.45. The molecule has 6 nitrogen and oxygen atoms in total. The highest BCUT2D eigenvalue weighted by Crippen LogP contribution is 2.26. The molecule has 1 aromatic carbocycles. The van der Waals surface area contributed by atoms with Crippen molar-refractivity contribution in [1.82, 2.24) is 4.90 Å². The molecule has 0 spiro atoms. The van der Waals surface area contributed by atoms with E-state index in [1.807, 2.05) is 6.92 Å².